The lowest BCUT2D eigenvalue weighted by Gasteiger charge is -2.39. The Bertz CT molecular complexity index is 448. The van der Waals surface area contributed by atoms with Crippen LogP contribution in [0.5, 0.6) is 0 Å². The van der Waals surface area contributed by atoms with Crippen LogP contribution in [0, 0.1) is 11.8 Å². The molecule has 0 unspecified atom stereocenters. The van der Waals surface area contributed by atoms with Crippen molar-refractivity contribution in [2.45, 2.75) is 63.8 Å². The minimum Gasteiger partial charge on any atom is -0.470 e. The number of aliphatic hydroxyl groups is 4. The summed E-state index contributed by atoms with van der Waals surface area (Å²) < 4.78 is 10.6. The smallest absolute Gasteiger partial charge is 0.228 e. The van der Waals surface area contributed by atoms with E-state index in [0.717, 1.165) is 18.4 Å². The van der Waals surface area contributed by atoms with Gasteiger partial charge in [-0.3, -0.25) is 4.79 Å². The zero-order valence-electron chi connectivity index (χ0n) is 13.5. The molecular weight excluding hydrogens is 304 g/mol. The van der Waals surface area contributed by atoms with Gasteiger partial charge in [-0.1, -0.05) is 6.92 Å². The highest BCUT2D eigenvalue weighted by molar-refractivity contribution is 5.84. The number of hydrogen-bond acceptors (Lipinski definition) is 7. The SMILES string of the molecule is C/C(=C\O[C@@H]1O[C@H](CO)[C@@H](O)[C@H](O)[C@H]1O)[C@@H]1CC[C@@H](C)CC1=O. The molecule has 4 N–H and O–H groups in total. The number of aliphatic hydroxyl groups excluding tert-OH is 4. The van der Waals surface area contributed by atoms with E-state index in [4.69, 9.17) is 14.6 Å². The van der Waals surface area contributed by atoms with Crippen molar-refractivity contribution in [2.75, 3.05) is 6.61 Å². The zero-order chi connectivity index (χ0) is 17.1. The summed E-state index contributed by atoms with van der Waals surface area (Å²) in [5.41, 5.74) is 0.735. The molecule has 1 aliphatic carbocycles. The van der Waals surface area contributed by atoms with E-state index < -0.39 is 37.3 Å². The molecule has 132 valence electrons. The Morgan fingerprint density at radius 3 is 2.57 bits per heavy atom. The van der Waals surface area contributed by atoms with Crippen LogP contribution in [0.1, 0.15) is 33.1 Å². The first-order valence-electron chi connectivity index (χ1n) is 8.00. The van der Waals surface area contributed by atoms with Gasteiger partial charge in [0.25, 0.3) is 0 Å². The summed E-state index contributed by atoms with van der Waals surface area (Å²) in [6.07, 6.45) is -2.90. The van der Waals surface area contributed by atoms with Crippen LogP contribution in [-0.2, 0) is 14.3 Å². The number of carbonyl (C=O) groups excluding carboxylic acids is 1. The molecule has 0 amide bonds. The molecule has 2 rings (SSSR count). The van der Waals surface area contributed by atoms with E-state index in [1.54, 1.807) is 6.92 Å². The number of ketones is 1. The lowest BCUT2D eigenvalue weighted by atomic mass is 9.79. The van der Waals surface area contributed by atoms with Crippen LogP contribution in [0.15, 0.2) is 11.8 Å². The highest BCUT2D eigenvalue weighted by Crippen LogP contribution is 2.31. The van der Waals surface area contributed by atoms with Crippen molar-refractivity contribution in [3.63, 3.8) is 0 Å². The molecule has 1 aliphatic heterocycles. The average Bonchev–Trinajstić information content (AvgIpc) is 2.51. The number of allylic oxidation sites excluding steroid dienone is 1. The summed E-state index contributed by atoms with van der Waals surface area (Å²) in [6.45, 7) is 3.33. The molecule has 23 heavy (non-hydrogen) atoms. The molecule has 0 aromatic heterocycles. The molecule has 7 heteroatoms. The fraction of sp³-hybridized carbons (Fsp3) is 0.812. The summed E-state index contributed by atoms with van der Waals surface area (Å²) in [4.78, 5) is 12.1. The largest absolute Gasteiger partial charge is 0.470 e. The molecule has 0 aromatic carbocycles. The van der Waals surface area contributed by atoms with Crippen molar-refractivity contribution >= 4 is 5.78 Å². The third kappa shape index (κ3) is 4.10. The van der Waals surface area contributed by atoms with Gasteiger partial charge in [0.15, 0.2) is 0 Å². The van der Waals surface area contributed by atoms with Crippen LogP contribution in [-0.4, -0.2) is 63.5 Å². The zero-order valence-corrected chi connectivity index (χ0v) is 13.5. The average molecular weight is 330 g/mol. The summed E-state index contributed by atoms with van der Waals surface area (Å²) in [5, 5.41) is 38.4. The van der Waals surface area contributed by atoms with Crippen LogP contribution in [0.3, 0.4) is 0 Å². The Kier molecular flexibility index (Phi) is 6.16. The fourth-order valence-electron chi connectivity index (χ4n) is 3.12. The highest BCUT2D eigenvalue weighted by Gasteiger charge is 2.44. The van der Waals surface area contributed by atoms with Gasteiger partial charge in [0, 0.05) is 12.3 Å². The second kappa shape index (κ2) is 7.72. The van der Waals surface area contributed by atoms with E-state index in [0.29, 0.717) is 12.3 Å². The van der Waals surface area contributed by atoms with Crippen molar-refractivity contribution in [2.24, 2.45) is 11.8 Å². The van der Waals surface area contributed by atoms with Crippen LogP contribution >= 0.6 is 0 Å². The number of carbonyl (C=O) groups is 1. The number of rotatable bonds is 4. The van der Waals surface area contributed by atoms with Crippen molar-refractivity contribution in [1.29, 1.82) is 0 Å². The molecular formula is C16H26O7. The van der Waals surface area contributed by atoms with E-state index in [1.165, 1.54) is 6.26 Å². The van der Waals surface area contributed by atoms with Crippen molar-refractivity contribution in [1.82, 2.24) is 0 Å². The van der Waals surface area contributed by atoms with Gasteiger partial charge < -0.3 is 29.9 Å². The monoisotopic (exact) mass is 330 g/mol. The molecule has 2 fully saturated rings. The van der Waals surface area contributed by atoms with Gasteiger partial charge in [0.2, 0.25) is 6.29 Å². The maximum Gasteiger partial charge on any atom is 0.228 e. The maximum atomic E-state index is 12.1. The van der Waals surface area contributed by atoms with Crippen molar-refractivity contribution < 1.29 is 34.7 Å². The molecule has 7 atom stereocenters. The van der Waals surface area contributed by atoms with Crippen LogP contribution in [0.25, 0.3) is 0 Å². The summed E-state index contributed by atoms with van der Waals surface area (Å²) in [7, 11) is 0. The van der Waals surface area contributed by atoms with E-state index in [1.807, 2.05) is 0 Å². The normalized spacial score (nSPS) is 42.6. The van der Waals surface area contributed by atoms with Gasteiger partial charge in [0.1, 0.15) is 30.2 Å². The Balaban J connectivity index is 1.99. The first-order valence-corrected chi connectivity index (χ1v) is 8.00. The lowest BCUT2D eigenvalue weighted by molar-refractivity contribution is -0.288. The molecule has 1 saturated carbocycles. The standard InChI is InChI=1S/C16H26O7/c1-8-3-4-10(11(18)5-8)9(2)7-22-16-15(21)14(20)13(19)12(6-17)23-16/h7-8,10,12-17,19-21H,3-6H2,1-2H3/b9-7+/t8-,10+,12-,13-,14+,15-,16-/m1/s1. The predicted octanol–water partition coefficient (Wildman–Crippen LogP) is -0.288. The molecule has 0 radical (unpaired) electrons. The molecule has 0 bridgehead atoms. The molecule has 2 aliphatic rings. The molecule has 0 spiro atoms. The maximum absolute atomic E-state index is 12.1. The molecule has 1 heterocycles. The third-order valence-electron chi connectivity index (χ3n) is 4.67. The van der Waals surface area contributed by atoms with Crippen LogP contribution in [0.4, 0.5) is 0 Å². The Morgan fingerprint density at radius 2 is 1.96 bits per heavy atom. The number of Topliss-reactive ketones (excluding diaryl/α,β-unsaturated/α-hetero) is 1. The topological polar surface area (TPSA) is 116 Å². The van der Waals surface area contributed by atoms with E-state index in [2.05, 4.69) is 6.92 Å². The quantitative estimate of drug-likeness (QED) is 0.523. The van der Waals surface area contributed by atoms with Crippen molar-refractivity contribution in [3.05, 3.63) is 11.8 Å². The van der Waals surface area contributed by atoms with Crippen LogP contribution in [0.2, 0.25) is 0 Å². The van der Waals surface area contributed by atoms with Gasteiger partial charge in [-0.25, -0.2) is 0 Å². The Hall–Kier alpha value is -0.990. The van der Waals surface area contributed by atoms with Gasteiger partial charge in [-0.05, 0) is 31.3 Å². The Labute approximate surface area is 135 Å². The summed E-state index contributed by atoms with van der Waals surface area (Å²) in [5.74, 6) is 0.379. The van der Waals surface area contributed by atoms with Crippen molar-refractivity contribution in [3.8, 4) is 0 Å². The van der Waals surface area contributed by atoms with E-state index >= 15 is 0 Å². The first-order chi connectivity index (χ1) is 10.8. The highest BCUT2D eigenvalue weighted by atomic mass is 16.7. The number of ether oxygens (including phenoxy) is 2. The predicted molar refractivity (Wildman–Crippen MR) is 80.1 cm³/mol. The molecule has 1 saturated heterocycles. The van der Waals surface area contributed by atoms with Gasteiger partial charge >= 0.3 is 0 Å². The summed E-state index contributed by atoms with van der Waals surface area (Å²) in [6, 6.07) is 0. The van der Waals surface area contributed by atoms with E-state index in [9.17, 15) is 20.1 Å². The summed E-state index contributed by atoms with van der Waals surface area (Å²) >= 11 is 0. The minimum atomic E-state index is -1.48. The lowest BCUT2D eigenvalue weighted by Crippen LogP contribution is -2.58. The second-order valence-corrected chi connectivity index (χ2v) is 6.60. The second-order valence-electron chi connectivity index (χ2n) is 6.60. The number of hydrogen-bond donors (Lipinski definition) is 4. The van der Waals surface area contributed by atoms with Gasteiger partial charge in [-0.15, -0.1) is 0 Å². The Morgan fingerprint density at radius 1 is 1.26 bits per heavy atom. The first kappa shape index (κ1) is 18.4. The molecule has 7 nitrogen and oxygen atoms in total. The van der Waals surface area contributed by atoms with E-state index in [-0.39, 0.29) is 11.7 Å². The minimum absolute atomic E-state index is 0.176. The van der Waals surface area contributed by atoms with Gasteiger partial charge in [-0.2, -0.15) is 0 Å². The van der Waals surface area contributed by atoms with Gasteiger partial charge in [0.05, 0.1) is 12.9 Å². The fourth-order valence-corrected chi connectivity index (χ4v) is 3.12. The van der Waals surface area contributed by atoms with Crippen LogP contribution < -0.4 is 0 Å². The third-order valence-corrected chi connectivity index (χ3v) is 4.67. The molecule has 0 aromatic rings.